The highest BCUT2D eigenvalue weighted by molar-refractivity contribution is 5.86. The summed E-state index contributed by atoms with van der Waals surface area (Å²) in [5.41, 5.74) is 3.16. The van der Waals surface area contributed by atoms with Crippen LogP contribution in [0.3, 0.4) is 0 Å². The summed E-state index contributed by atoms with van der Waals surface area (Å²) in [7, 11) is 3.26. The highest BCUT2D eigenvalue weighted by Gasteiger charge is 2.11. The Balaban J connectivity index is 2.20. The van der Waals surface area contributed by atoms with Gasteiger partial charge in [-0.2, -0.15) is 0 Å². The molecule has 0 atom stereocenters. The number of methoxy groups -OCH3 is 2. The van der Waals surface area contributed by atoms with Crippen LogP contribution in [0.1, 0.15) is 5.56 Å². The van der Waals surface area contributed by atoms with E-state index in [0.717, 1.165) is 33.7 Å². The quantitative estimate of drug-likeness (QED) is 0.795. The van der Waals surface area contributed by atoms with Crippen molar-refractivity contribution in [2.24, 2.45) is 0 Å². The number of aromatic nitrogens is 1. The summed E-state index contributed by atoms with van der Waals surface area (Å²) in [6, 6.07) is 13.1. The van der Waals surface area contributed by atoms with Crippen LogP contribution in [-0.2, 0) is 0 Å². The van der Waals surface area contributed by atoms with E-state index >= 15 is 0 Å². The van der Waals surface area contributed by atoms with E-state index in [-0.39, 0.29) is 5.75 Å². The zero-order valence-electron chi connectivity index (χ0n) is 12.8. The molecular formula is C18H17NO3. The van der Waals surface area contributed by atoms with Crippen LogP contribution in [-0.4, -0.2) is 24.3 Å². The zero-order chi connectivity index (χ0) is 15.7. The number of ether oxygens (including phenoxy) is 2. The van der Waals surface area contributed by atoms with Crippen molar-refractivity contribution in [3.63, 3.8) is 0 Å². The van der Waals surface area contributed by atoms with Crippen molar-refractivity contribution in [2.45, 2.75) is 6.92 Å². The van der Waals surface area contributed by atoms with Crippen molar-refractivity contribution < 1.29 is 14.6 Å². The second kappa shape index (κ2) is 5.56. The molecule has 22 heavy (non-hydrogen) atoms. The standard InChI is InChI=1S/C18H17NO3/c1-11-16(21-2)9-13(10-17(11)22-3)14-8-7-12-5-4-6-15(20)18(12)19-14/h4-10,20H,1-3H3. The molecule has 4 nitrogen and oxygen atoms in total. The normalized spacial score (nSPS) is 10.7. The second-order valence-corrected chi connectivity index (χ2v) is 5.05. The molecule has 0 aliphatic rings. The molecule has 4 heteroatoms. The first-order valence-corrected chi connectivity index (χ1v) is 6.95. The Bertz CT molecular complexity index is 818. The number of aromatic hydroxyl groups is 1. The number of benzene rings is 2. The maximum absolute atomic E-state index is 9.98. The summed E-state index contributed by atoms with van der Waals surface area (Å²) in [5.74, 6) is 1.66. The van der Waals surface area contributed by atoms with Crippen molar-refractivity contribution in [3.8, 4) is 28.5 Å². The first-order chi connectivity index (χ1) is 10.6. The minimum Gasteiger partial charge on any atom is -0.506 e. The smallest absolute Gasteiger partial charge is 0.141 e. The molecule has 0 bridgehead atoms. The predicted molar refractivity (Wildman–Crippen MR) is 86.7 cm³/mol. The number of fused-ring (bicyclic) bond motifs is 1. The Kier molecular flexibility index (Phi) is 3.59. The van der Waals surface area contributed by atoms with Gasteiger partial charge in [0.1, 0.15) is 22.8 Å². The highest BCUT2D eigenvalue weighted by atomic mass is 16.5. The van der Waals surface area contributed by atoms with Crippen molar-refractivity contribution in [1.82, 2.24) is 4.98 Å². The molecule has 1 heterocycles. The number of phenolic OH excluding ortho intramolecular Hbond substituents is 1. The van der Waals surface area contributed by atoms with Crippen LogP contribution in [0.2, 0.25) is 0 Å². The largest absolute Gasteiger partial charge is 0.506 e. The molecule has 0 spiro atoms. The first-order valence-electron chi connectivity index (χ1n) is 6.95. The first kappa shape index (κ1) is 14.2. The number of hydrogen-bond acceptors (Lipinski definition) is 4. The van der Waals surface area contributed by atoms with Crippen LogP contribution in [0.5, 0.6) is 17.2 Å². The van der Waals surface area contributed by atoms with Crippen LogP contribution in [0, 0.1) is 6.92 Å². The average Bonchev–Trinajstić information content (AvgIpc) is 2.55. The molecule has 0 aliphatic carbocycles. The van der Waals surface area contributed by atoms with Gasteiger partial charge in [0, 0.05) is 16.5 Å². The maximum atomic E-state index is 9.98. The second-order valence-electron chi connectivity index (χ2n) is 5.05. The van der Waals surface area contributed by atoms with Crippen molar-refractivity contribution >= 4 is 10.9 Å². The molecule has 2 aromatic carbocycles. The summed E-state index contributed by atoms with van der Waals surface area (Å²) in [6.45, 7) is 1.95. The number of hydrogen-bond donors (Lipinski definition) is 1. The third-order valence-electron chi connectivity index (χ3n) is 3.75. The van der Waals surface area contributed by atoms with Gasteiger partial charge in [-0.15, -0.1) is 0 Å². The van der Waals surface area contributed by atoms with E-state index in [1.54, 1.807) is 26.4 Å². The van der Waals surface area contributed by atoms with Gasteiger partial charge in [0.2, 0.25) is 0 Å². The highest BCUT2D eigenvalue weighted by Crippen LogP contribution is 2.34. The van der Waals surface area contributed by atoms with Crippen LogP contribution in [0.15, 0.2) is 42.5 Å². The zero-order valence-corrected chi connectivity index (χ0v) is 12.8. The van der Waals surface area contributed by atoms with E-state index in [1.165, 1.54) is 0 Å². The number of nitrogens with zero attached hydrogens (tertiary/aromatic N) is 1. The predicted octanol–water partition coefficient (Wildman–Crippen LogP) is 3.93. The van der Waals surface area contributed by atoms with Gasteiger partial charge in [-0.1, -0.05) is 18.2 Å². The molecule has 0 amide bonds. The fraction of sp³-hybridized carbons (Fsp3) is 0.167. The topological polar surface area (TPSA) is 51.6 Å². The SMILES string of the molecule is COc1cc(-c2ccc3cccc(O)c3n2)cc(OC)c1C. The summed E-state index contributed by atoms with van der Waals surface area (Å²) >= 11 is 0. The number of rotatable bonds is 3. The molecule has 0 aliphatic heterocycles. The molecule has 0 saturated heterocycles. The lowest BCUT2D eigenvalue weighted by molar-refractivity contribution is 0.389. The van der Waals surface area contributed by atoms with Gasteiger partial charge >= 0.3 is 0 Å². The third kappa shape index (κ3) is 2.33. The lowest BCUT2D eigenvalue weighted by Gasteiger charge is -2.13. The van der Waals surface area contributed by atoms with E-state index in [9.17, 15) is 5.11 Å². The third-order valence-corrected chi connectivity index (χ3v) is 3.75. The monoisotopic (exact) mass is 295 g/mol. The van der Waals surface area contributed by atoms with Gasteiger partial charge in [0.05, 0.1) is 19.9 Å². The van der Waals surface area contributed by atoms with E-state index < -0.39 is 0 Å². The maximum Gasteiger partial charge on any atom is 0.141 e. The van der Waals surface area contributed by atoms with E-state index in [0.29, 0.717) is 5.52 Å². The Morgan fingerprint density at radius 3 is 2.27 bits per heavy atom. The molecule has 0 radical (unpaired) electrons. The van der Waals surface area contributed by atoms with Crippen molar-refractivity contribution in [1.29, 1.82) is 0 Å². The van der Waals surface area contributed by atoms with Gasteiger partial charge in [0.25, 0.3) is 0 Å². The van der Waals surface area contributed by atoms with Gasteiger partial charge < -0.3 is 14.6 Å². The number of phenols is 1. The molecule has 3 rings (SSSR count). The molecule has 0 unspecified atom stereocenters. The minimum atomic E-state index is 0.172. The summed E-state index contributed by atoms with van der Waals surface area (Å²) < 4.78 is 10.8. The van der Waals surface area contributed by atoms with Crippen LogP contribution in [0.25, 0.3) is 22.2 Å². The average molecular weight is 295 g/mol. The Hall–Kier alpha value is -2.75. The van der Waals surface area contributed by atoms with E-state index in [1.807, 2.05) is 37.3 Å². The number of para-hydroxylation sites is 1. The fourth-order valence-corrected chi connectivity index (χ4v) is 2.53. The van der Waals surface area contributed by atoms with Crippen LogP contribution in [0.4, 0.5) is 0 Å². The van der Waals surface area contributed by atoms with Gasteiger partial charge in [-0.25, -0.2) is 4.98 Å². The Morgan fingerprint density at radius 1 is 0.955 bits per heavy atom. The molecule has 1 aromatic heterocycles. The Labute approximate surface area is 129 Å². The summed E-state index contributed by atoms with van der Waals surface area (Å²) in [5, 5.41) is 10.9. The molecule has 3 aromatic rings. The number of pyridine rings is 1. The molecular weight excluding hydrogens is 278 g/mol. The van der Waals surface area contributed by atoms with Gasteiger partial charge in [0.15, 0.2) is 0 Å². The van der Waals surface area contributed by atoms with Crippen LogP contribution < -0.4 is 9.47 Å². The molecule has 0 fully saturated rings. The molecule has 112 valence electrons. The van der Waals surface area contributed by atoms with Crippen molar-refractivity contribution in [2.75, 3.05) is 14.2 Å². The lowest BCUT2D eigenvalue weighted by atomic mass is 10.1. The van der Waals surface area contributed by atoms with E-state index in [4.69, 9.17) is 9.47 Å². The summed E-state index contributed by atoms with van der Waals surface area (Å²) in [4.78, 5) is 4.56. The van der Waals surface area contributed by atoms with Gasteiger partial charge in [-0.3, -0.25) is 0 Å². The fourth-order valence-electron chi connectivity index (χ4n) is 2.53. The van der Waals surface area contributed by atoms with Gasteiger partial charge in [-0.05, 0) is 31.2 Å². The van der Waals surface area contributed by atoms with E-state index in [2.05, 4.69) is 4.98 Å². The Morgan fingerprint density at radius 2 is 1.64 bits per heavy atom. The molecule has 1 N–H and O–H groups in total. The molecule has 0 saturated carbocycles. The lowest BCUT2D eigenvalue weighted by Crippen LogP contribution is -1.94. The van der Waals surface area contributed by atoms with Crippen LogP contribution >= 0.6 is 0 Å². The summed E-state index contributed by atoms with van der Waals surface area (Å²) in [6.07, 6.45) is 0. The minimum absolute atomic E-state index is 0.172. The van der Waals surface area contributed by atoms with Crippen molar-refractivity contribution in [3.05, 3.63) is 48.0 Å².